The van der Waals surface area contributed by atoms with E-state index in [4.69, 9.17) is 112 Å². The normalized spacial score (nSPS) is 15.9. The number of ether oxygens (including phenoxy) is 9. The fourth-order valence-electron chi connectivity index (χ4n) is 12.9. The molecule has 6 aromatic carbocycles. The number of sulfonamides is 3. The molecule has 6 aromatic rings. The van der Waals surface area contributed by atoms with Crippen molar-refractivity contribution in [2.45, 2.75) is 52.1 Å². The standard InChI is InChI=1S/C76H98Cl6N10O18S3/c1-91-48-69(64-40-58(79)43-73(82)70(64)49-91)55-7-4-10-61(37-55)113(100,101)90-16-22-107-28-34-110-31-25-104-19-13-87-76(95)52-92(50-74(93)85-11-17-102-23-29-108-32-26-105-20-14-88-111(96,97)59-8-2-5-53(35-59)65-44-83-46-67-62(65)38-56(77)41-71(67)80)51-75(94)86-12-18-103-24-30-109-33-27-106-21-15-89-112(98,99)60-9-3-6-54(36-60)66-45-84-47-68-63(66)39-57(78)42-72(68)81/h2-10,35-43,65-66,69,83-84,88-90H,11-34,44-52H2,1H3,(H,85,93)(H,86,94)(H,87,95). The molecule has 3 atom stereocenters. The Balaban J connectivity index is 0.612. The Kier molecular flexibility index (Phi) is 38.3. The summed E-state index contributed by atoms with van der Waals surface area (Å²) < 4.78 is 138. The maximum Gasteiger partial charge on any atom is 0.240 e. The van der Waals surface area contributed by atoms with Crippen LogP contribution in [0.4, 0.5) is 0 Å². The van der Waals surface area contributed by atoms with E-state index < -0.39 is 47.8 Å². The minimum atomic E-state index is -3.85. The van der Waals surface area contributed by atoms with Crippen LogP contribution in [0.15, 0.2) is 124 Å². The molecule has 3 amide bonds. The van der Waals surface area contributed by atoms with E-state index >= 15 is 0 Å². The van der Waals surface area contributed by atoms with E-state index in [0.717, 1.165) is 50.1 Å². The maximum atomic E-state index is 13.3. The largest absolute Gasteiger partial charge is 0.378 e. The van der Waals surface area contributed by atoms with Crippen LogP contribution >= 0.6 is 69.6 Å². The Morgan fingerprint density at radius 2 is 0.673 bits per heavy atom. The monoisotopic (exact) mass is 1740 g/mol. The molecule has 0 aromatic heterocycles. The first-order valence-electron chi connectivity index (χ1n) is 37.0. The summed E-state index contributed by atoms with van der Waals surface area (Å²) in [4.78, 5) is 43.4. The third-order valence-corrected chi connectivity index (χ3v) is 24.3. The summed E-state index contributed by atoms with van der Waals surface area (Å²) in [6.07, 6.45) is 0. The fraction of sp³-hybridized carbons (Fsp3) is 0.487. The van der Waals surface area contributed by atoms with E-state index in [0.29, 0.717) is 69.4 Å². The van der Waals surface area contributed by atoms with Crippen LogP contribution in [-0.2, 0) is 107 Å². The highest BCUT2D eigenvalue weighted by Crippen LogP contribution is 2.41. The zero-order chi connectivity index (χ0) is 80.6. The predicted molar refractivity (Wildman–Crippen MR) is 432 cm³/mol. The summed E-state index contributed by atoms with van der Waals surface area (Å²) in [6, 6.07) is 31.1. The van der Waals surface area contributed by atoms with Crippen molar-refractivity contribution in [3.8, 4) is 0 Å². The van der Waals surface area contributed by atoms with Crippen molar-refractivity contribution in [2.75, 3.05) is 205 Å². The quantitative estimate of drug-likeness (QED) is 0.0184. The summed E-state index contributed by atoms with van der Waals surface area (Å²) in [6.45, 7) is 6.58. The van der Waals surface area contributed by atoms with E-state index in [9.17, 15) is 39.6 Å². The summed E-state index contributed by atoms with van der Waals surface area (Å²) in [5, 5.41) is 18.2. The number of fused-ring (bicyclic) bond motifs is 3. The second-order valence-electron chi connectivity index (χ2n) is 26.6. The highest BCUT2D eigenvalue weighted by molar-refractivity contribution is 7.90. The van der Waals surface area contributed by atoms with Crippen molar-refractivity contribution in [1.29, 1.82) is 0 Å². The summed E-state index contributed by atoms with van der Waals surface area (Å²) in [5.41, 5.74) is 8.16. The van der Waals surface area contributed by atoms with Gasteiger partial charge >= 0.3 is 0 Å². The molecule has 8 N–H and O–H groups in total. The van der Waals surface area contributed by atoms with Crippen molar-refractivity contribution in [3.63, 3.8) is 0 Å². The minimum absolute atomic E-state index is 0.0373. The molecule has 0 bridgehead atoms. The maximum absolute atomic E-state index is 13.3. The molecule has 0 saturated carbocycles. The van der Waals surface area contributed by atoms with Crippen molar-refractivity contribution in [1.82, 2.24) is 50.6 Å². The van der Waals surface area contributed by atoms with E-state index in [1.165, 1.54) is 17.0 Å². The van der Waals surface area contributed by atoms with Gasteiger partial charge in [0.1, 0.15) is 0 Å². The molecular weight excluding hydrogens is 1650 g/mol. The van der Waals surface area contributed by atoms with E-state index in [1.54, 1.807) is 60.7 Å². The molecule has 0 aliphatic carbocycles. The molecule has 28 nitrogen and oxygen atoms in total. The molecular formula is C76H98Cl6N10O18S3. The van der Waals surface area contributed by atoms with Crippen LogP contribution in [0.25, 0.3) is 0 Å². The molecule has 3 heterocycles. The number of carbonyl (C=O) groups excluding carboxylic acids is 3. The lowest BCUT2D eigenvalue weighted by molar-refractivity contribution is -0.128. The summed E-state index contributed by atoms with van der Waals surface area (Å²) in [7, 11) is -9.56. The number of amides is 3. The van der Waals surface area contributed by atoms with Crippen LogP contribution in [0.2, 0.25) is 30.1 Å². The van der Waals surface area contributed by atoms with Gasteiger partial charge in [0.15, 0.2) is 0 Å². The summed E-state index contributed by atoms with van der Waals surface area (Å²) in [5.74, 6) is -1.80. The van der Waals surface area contributed by atoms with Crippen LogP contribution < -0.4 is 40.8 Å². The van der Waals surface area contributed by atoms with Crippen molar-refractivity contribution in [2.24, 2.45) is 0 Å². The zero-order valence-corrected chi connectivity index (χ0v) is 69.7. The number of benzene rings is 6. The average molecular weight is 1750 g/mol. The molecule has 620 valence electrons. The van der Waals surface area contributed by atoms with Gasteiger partial charge in [0.2, 0.25) is 47.8 Å². The topological polar surface area (TPSA) is 339 Å². The highest BCUT2D eigenvalue weighted by Gasteiger charge is 2.31. The fourth-order valence-corrected chi connectivity index (χ4v) is 17.8. The lowest BCUT2D eigenvalue weighted by atomic mass is 9.85. The van der Waals surface area contributed by atoms with Gasteiger partial charge in [-0.05, 0) is 130 Å². The number of halogens is 6. The Morgan fingerprint density at radius 1 is 0.389 bits per heavy atom. The van der Waals surface area contributed by atoms with Gasteiger partial charge < -0.3 is 74.1 Å². The number of rotatable bonds is 51. The molecule has 3 aliphatic heterocycles. The molecule has 9 rings (SSSR count). The van der Waals surface area contributed by atoms with Crippen molar-refractivity contribution in [3.05, 3.63) is 189 Å². The first-order chi connectivity index (χ1) is 54.4. The van der Waals surface area contributed by atoms with Crippen LogP contribution in [0, 0.1) is 0 Å². The smallest absolute Gasteiger partial charge is 0.240 e. The van der Waals surface area contributed by atoms with Gasteiger partial charge in [0, 0.05) is 126 Å². The third-order valence-electron chi connectivity index (χ3n) is 18.3. The Hall–Kier alpha value is -5.32. The number of likely N-dealkylation sites (N-methyl/N-ethyl adjacent to an activating group) is 1. The first-order valence-corrected chi connectivity index (χ1v) is 43.7. The number of nitrogens with one attached hydrogen (secondary N) is 8. The van der Waals surface area contributed by atoms with Gasteiger partial charge in [-0.1, -0.05) is 106 Å². The average Bonchev–Trinajstić information content (AvgIpc) is 0.773. The van der Waals surface area contributed by atoms with Crippen LogP contribution in [0.5, 0.6) is 0 Å². The number of hydrogen-bond acceptors (Lipinski definition) is 22. The Labute approximate surface area is 691 Å². The molecule has 0 radical (unpaired) electrons. The first kappa shape index (κ1) is 91.6. The lowest BCUT2D eigenvalue weighted by Crippen LogP contribution is -2.48. The highest BCUT2D eigenvalue weighted by atomic mass is 35.5. The summed E-state index contributed by atoms with van der Waals surface area (Å²) >= 11 is 38.6. The van der Waals surface area contributed by atoms with Gasteiger partial charge in [-0.3, -0.25) is 19.3 Å². The second kappa shape index (κ2) is 47.3. The Morgan fingerprint density at radius 3 is 1.00 bits per heavy atom. The molecule has 3 unspecified atom stereocenters. The minimum Gasteiger partial charge on any atom is -0.378 e. The van der Waals surface area contributed by atoms with Crippen molar-refractivity contribution < 1.29 is 82.3 Å². The number of carbonyl (C=O) groups is 3. The van der Waals surface area contributed by atoms with Gasteiger partial charge in [0.05, 0.1) is 153 Å². The van der Waals surface area contributed by atoms with Crippen LogP contribution in [0.3, 0.4) is 0 Å². The van der Waals surface area contributed by atoms with Gasteiger partial charge in [0.25, 0.3) is 0 Å². The third kappa shape index (κ3) is 29.9. The van der Waals surface area contributed by atoms with Crippen LogP contribution in [0.1, 0.15) is 67.8 Å². The molecule has 3 aliphatic rings. The van der Waals surface area contributed by atoms with Gasteiger partial charge in [-0.2, -0.15) is 0 Å². The molecule has 37 heteroatoms. The van der Waals surface area contributed by atoms with Gasteiger partial charge in [-0.15, -0.1) is 0 Å². The Bertz CT molecular complexity index is 4270. The van der Waals surface area contributed by atoms with E-state index in [1.807, 2.05) is 43.4 Å². The molecule has 113 heavy (non-hydrogen) atoms. The zero-order valence-electron chi connectivity index (χ0n) is 62.7. The second-order valence-corrected chi connectivity index (χ2v) is 34.4. The van der Waals surface area contributed by atoms with Crippen molar-refractivity contribution >= 4 is 117 Å². The number of nitrogens with zero attached hydrogens (tertiary/aromatic N) is 2. The van der Waals surface area contributed by atoms with E-state index in [-0.39, 0.29) is 210 Å². The SMILES string of the molecule is CN1Cc2c(Cl)cc(Cl)cc2C(c2cccc(S(=O)(=O)NCCOCCOCCOCCNC(=O)CN(CC(=O)NCCOCCOCCOCCNS(=O)(=O)c3cccc(C4CNCc5c(Cl)cc(Cl)cc54)c3)CC(=O)NCCOCCOCCOCCNS(=O)(=O)c3cccc(C4CNCc5c(Cl)cc(Cl)cc54)c3)c2)C1. The molecule has 0 saturated heterocycles. The van der Waals surface area contributed by atoms with Crippen LogP contribution in [-0.4, -0.2) is 257 Å². The van der Waals surface area contributed by atoms with E-state index in [2.05, 4.69) is 45.7 Å². The lowest BCUT2D eigenvalue weighted by Gasteiger charge is -2.33. The predicted octanol–water partition coefficient (Wildman–Crippen LogP) is 6.69. The van der Waals surface area contributed by atoms with Gasteiger partial charge in [-0.25, -0.2) is 39.4 Å². The molecule has 0 fully saturated rings. The molecule has 0 spiro atoms. The number of hydrogen-bond donors (Lipinski definition) is 8.